The molecule has 0 spiro atoms. The van der Waals surface area contributed by atoms with Crippen molar-refractivity contribution < 1.29 is 4.79 Å². The molecular weight excluding hydrogens is 290 g/mol. The normalized spacial score (nSPS) is 19.3. The van der Waals surface area contributed by atoms with E-state index < -0.39 is 0 Å². The van der Waals surface area contributed by atoms with Gasteiger partial charge in [-0.1, -0.05) is 18.9 Å². The maximum Gasteiger partial charge on any atom is 0.237 e. The second-order valence-electron chi connectivity index (χ2n) is 6.02. The number of rotatable bonds is 4. The smallest absolute Gasteiger partial charge is 0.237 e. The van der Waals surface area contributed by atoms with Crippen LogP contribution < -0.4 is 5.32 Å². The van der Waals surface area contributed by atoms with Crippen LogP contribution in [-0.4, -0.2) is 45.0 Å². The van der Waals surface area contributed by atoms with Crippen molar-refractivity contribution in [1.29, 1.82) is 0 Å². The van der Waals surface area contributed by atoms with E-state index in [4.69, 9.17) is 0 Å². The molecule has 6 nitrogen and oxygen atoms in total. The second-order valence-corrected chi connectivity index (χ2v) is 6.02. The molecule has 23 heavy (non-hydrogen) atoms. The van der Waals surface area contributed by atoms with Gasteiger partial charge in [-0.15, -0.1) is 0 Å². The van der Waals surface area contributed by atoms with Crippen molar-refractivity contribution in [3.8, 4) is 5.82 Å². The highest BCUT2D eigenvalue weighted by molar-refractivity contribution is 5.81. The summed E-state index contributed by atoms with van der Waals surface area (Å²) < 4.78 is 1.86. The zero-order valence-corrected chi connectivity index (χ0v) is 13.5. The predicted octanol–water partition coefficient (Wildman–Crippen LogP) is 1.76. The number of likely N-dealkylation sites (N-methyl/N-ethyl adjacent to an activating group) is 1. The number of imidazole rings is 1. The fourth-order valence-electron chi connectivity index (χ4n) is 3.07. The first-order chi connectivity index (χ1) is 11.3. The maximum atomic E-state index is 12.5. The van der Waals surface area contributed by atoms with Gasteiger partial charge in [-0.3, -0.25) is 14.3 Å². The van der Waals surface area contributed by atoms with Crippen LogP contribution in [0.15, 0.2) is 37.1 Å². The van der Waals surface area contributed by atoms with Crippen molar-refractivity contribution in [3.63, 3.8) is 0 Å². The number of likely N-dealkylation sites (tertiary alicyclic amines) is 1. The van der Waals surface area contributed by atoms with Gasteiger partial charge < -0.3 is 5.32 Å². The van der Waals surface area contributed by atoms with E-state index in [2.05, 4.69) is 20.2 Å². The molecule has 0 aliphatic carbocycles. The molecule has 3 rings (SSSR count). The zero-order chi connectivity index (χ0) is 16.1. The minimum atomic E-state index is -0.0223. The summed E-state index contributed by atoms with van der Waals surface area (Å²) in [5, 5.41) is 3.07. The van der Waals surface area contributed by atoms with Crippen LogP contribution in [0.5, 0.6) is 0 Å². The predicted molar refractivity (Wildman–Crippen MR) is 88.1 cm³/mol. The molecule has 1 unspecified atom stereocenters. The van der Waals surface area contributed by atoms with Crippen LogP contribution in [0.4, 0.5) is 0 Å². The number of amides is 1. The van der Waals surface area contributed by atoms with Gasteiger partial charge in [-0.25, -0.2) is 9.97 Å². The number of nitrogens with one attached hydrogen (secondary N) is 1. The van der Waals surface area contributed by atoms with Gasteiger partial charge in [-0.05, 0) is 32.5 Å². The van der Waals surface area contributed by atoms with Crippen molar-refractivity contribution in [1.82, 2.24) is 24.8 Å². The number of carbonyl (C=O) groups excluding carboxylic acids is 1. The van der Waals surface area contributed by atoms with Crippen molar-refractivity contribution in [3.05, 3.63) is 42.6 Å². The standard InChI is InChI=1S/C17H23N5O/c1-21-10-4-2-3-7-15(21)17(23)20-12-14-6-5-8-19-16(14)22-11-9-18-13-22/h5-6,8-9,11,13,15H,2-4,7,10,12H2,1H3,(H,20,23). The van der Waals surface area contributed by atoms with Crippen LogP contribution in [0.3, 0.4) is 0 Å². The largest absolute Gasteiger partial charge is 0.351 e. The SMILES string of the molecule is CN1CCCCCC1C(=O)NCc1cccnc1-n1ccnc1. The quantitative estimate of drug-likeness (QED) is 0.934. The molecule has 0 bridgehead atoms. The number of hydrogen-bond acceptors (Lipinski definition) is 4. The van der Waals surface area contributed by atoms with E-state index in [9.17, 15) is 4.79 Å². The highest BCUT2D eigenvalue weighted by atomic mass is 16.2. The molecule has 6 heteroatoms. The molecule has 0 aromatic carbocycles. The Balaban J connectivity index is 1.67. The topological polar surface area (TPSA) is 63.1 Å². The summed E-state index contributed by atoms with van der Waals surface area (Å²) in [5.74, 6) is 0.911. The third-order valence-electron chi connectivity index (χ3n) is 4.39. The summed E-state index contributed by atoms with van der Waals surface area (Å²) >= 11 is 0. The van der Waals surface area contributed by atoms with Crippen LogP contribution in [0.1, 0.15) is 31.2 Å². The molecule has 2 aromatic rings. The minimum absolute atomic E-state index is 0.0223. The summed E-state index contributed by atoms with van der Waals surface area (Å²) in [4.78, 5) is 23.2. The van der Waals surface area contributed by atoms with Crippen LogP contribution in [0.25, 0.3) is 5.82 Å². The van der Waals surface area contributed by atoms with Crippen LogP contribution in [-0.2, 0) is 11.3 Å². The fraction of sp³-hybridized carbons (Fsp3) is 0.471. The summed E-state index contributed by atoms with van der Waals surface area (Å²) in [6, 6.07) is 3.85. The number of aromatic nitrogens is 3. The van der Waals surface area contributed by atoms with Gasteiger partial charge in [0, 0.05) is 30.7 Å². The monoisotopic (exact) mass is 313 g/mol. The summed E-state index contributed by atoms with van der Waals surface area (Å²) in [7, 11) is 2.04. The Bertz CT molecular complexity index is 640. The first kappa shape index (κ1) is 15.7. The molecule has 0 saturated carbocycles. The molecule has 1 saturated heterocycles. The molecular formula is C17H23N5O. The van der Waals surface area contributed by atoms with Crippen LogP contribution in [0.2, 0.25) is 0 Å². The molecule has 1 aliphatic rings. The van der Waals surface area contributed by atoms with Gasteiger partial charge in [0.25, 0.3) is 0 Å². The Hall–Kier alpha value is -2.21. The van der Waals surface area contributed by atoms with Crippen molar-refractivity contribution in [2.24, 2.45) is 0 Å². The van der Waals surface area contributed by atoms with E-state index in [0.717, 1.165) is 30.8 Å². The lowest BCUT2D eigenvalue weighted by Gasteiger charge is -2.24. The van der Waals surface area contributed by atoms with Gasteiger partial charge >= 0.3 is 0 Å². The molecule has 122 valence electrons. The lowest BCUT2D eigenvalue weighted by molar-refractivity contribution is -0.126. The highest BCUT2D eigenvalue weighted by Gasteiger charge is 2.24. The first-order valence-electron chi connectivity index (χ1n) is 8.16. The van der Waals surface area contributed by atoms with E-state index in [1.165, 1.54) is 12.8 Å². The van der Waals surface area contributed by atoms with E-state index in [-0.39, 0.29) is 11.9 Å². The molecule has 1 atom stereocenters. The van der Waals surface area contributed by atoms with E-state index in [1.807, 2.05) is 29.9 Å². The fourth-order valence-corrected chi connectivity index (χ4v) is 3.07. The maximum absolute atomic E-state index is 12.5. The molecule has 3 heterocycles. The molecule has 2 aromatic heterocycles. The summed E-state index contributed by atoms with van der Waals surface area (Å²) in [6.07, 6.45) is 11.5. The van der Waals surface area contributed by atoms with Gasteiger partial charge in [0.15, 0.2) is 0 Å². The third kappa shape index (κ3) is 3.76. The number of nitrogens with zero attached hydrogens (tertiary/aromatic N) is 4. The van der Waals surface area contributed by atoms with Crippen molar-refractivity contribution in [2.45, 2.75) is 38.3 Å². The third-order valence-corrected chi connectivity index (χ3v) is 4.39. The number of pyridine rings is 1. The highest BCUT2D eigenvalue weighted by Crippen LogP contribution is 2.16. The minimum Gasteiger partial charge on any atom is -0.351 e. The average molecular weight is 313 g/mol. The molecule has 1 amide bonds. The lowest BCUT2D eigenvalue weighted by Crippen LogP contribution is -2.44. The molecule has 1 N–H and O–H groups in total. The number of hydrogen-bond donors (Lipinski definition) is 1. The molecule has 0 radical (unpaired) electrons. The zero-order valence-electron chi connectivity index (χ0n) is 13.5. The van der Waals surface area contributed by atoms with Gasteiger partial charge in [-0.2, -0.15) is 0 Å². The lowest BCUT2D eigenvalue weighted by atomic mass is 10.1. The van der Waals surface area contributed by atoms with Crippen molar-refractivity contribution >= 4 is 5.91 Å². The average Bonchev–Trinajstić information content (AvgIpc) is 3.02. The number of carbonyl (C=O) groups is 1. The molecule has 1 aliphatic heterocycles. The Morgan fingerprint density at radius 2 is 2.26 bits per heavy atom. The van der Waals surface area contributed by atoms with E-state index >= 15 is 0 Å². The Morgan fingerprint density at radius 3 is 3.09 bits per heavy atom. The van der Waals surface area contributed by atoms with Crippen LogP contribution >= 0.6 is 0 Å². The second kappa shape index (κ2) is 7.37. The van der Waals surface area contributed by atoms with E-state index in [0.29, 0.717) is 6.54 Å². The Labute approximate surface area is 136 Å². The van der Waals surface area contributed by atoms with Crippen molar-refractivity contribution in [2.75, 3.05) is 13.6 Å². The van der Waals surface area contributed by atoms with Gasteiger partial charge in [0.2, 0.25) is 5.91 Å². The Kier molecular flexibility index (Phi) is 5.02. The summed E-state index contributed by atoms with van der Waals surface area (Å²) in [5.41, 5.74) is 0.982. The first-order valence-corrected chi connectivity index (χ1v) is 8.16. The molecule has 1 fully saturated rings. The van der Waals surface area contributed by atoms with E-state index in [1.54, 1.807) is 18.7 Å². The van der Waals surface area contributed by atoms with Gasteiger partial charge in [0.05, 0.1) is 6.04 Å². The summed E-state index contributed by atoms with van der Waals surface area (Å²) in [6.45, 7) is 1.47. The van der Waals surface area contributed by atoms with Gasteiger partial charge in [0.1, 0.15) is 12.1 Å². The Morgan fingerprint density at radius 1 is 1.35 bits per heavy atom. The van der Waals surface area contributed by atoms with Crippen LogP contribution in [0, 0.1) is 0 Å².